The van der Waals surface area contributed by atoms with E-state index in [-0.39, 0.29) is 22.8 Å². The van der Waals surface area contributed by atoms with E-state index in [9.17, 15) is 19.7 Å². The van der Waals surface area contributed by atoms with E-state index in [0.29, 0.717) is 11.1 Å². The van der Waals surface area contributed by atoms with Crippen LogP contribution in [0.15, 0.2) is 94.2 Å². The normalized spacial score (nSPS) is 12.7. The maximum Gasteiger partial charge on any atom is 0.269 e. The zero-order valence-corrected chi connectivity index (χ0v) is 19.8. The number of Topliss-reactive ketones (excluding diaryl/α,β-unsaturated/α-hetero) is 2. The summed E-state index contributed by atoms with van der Waals surface area (Å²) in [6, 6.07) is 23.4. The summed E-state index contributed by atoms with van der Waals surface area (Å²) in [4.78, 5) is 37.9. The summed E-state index contributed by atoms with van der Waals surface area (Å²) in [5.41, 5.74) is 4.89. The van der Waals surface area contributed by atoms with E-state index in [0.717, 1.165) is 32.4 Å². The van der Waals surface area contributed by atoms with Crippen LogP contribution in [0.3, 0.4) is 0 Å². The summed E-state index contributed by atoms with van der Waals surface area (Å²) >= 11 is 1.52. The average molecular weight is 481 g/mol. The van der Waals surface area contributed by atoms with Crippen molar-refractivity contribution in [3.63, 3.8) is 0 Å². The second-order valence-electron chi connectivity index (χ2n) is 8.27. The molecule has 1 aliphatic carbocycles. The Balaban J connectivity index is 1.40. The molecule has 1 aromatic heterocycles. The number of rotatable bonds is 5. The molecule has 0 atom stereocenters. The number of allylic oxidation sites excluding steroid dienone is 1. The lowest BCUT2D eigenvalue weighted by molar-refractivity contribution is -0.384. The van der Waals surface area contributed by atoms with Crippen molar-refractivity contribution in [3.05, 3.63) is 123 Å². The lowest BCUT2D eigenvalue weighted by atomic mass is 10.1. The summed E-state index contributed by atoms with van der Waals surface area (Å²) < 4.78 is 2.09. The van der Waals surface area contributed by atoms with Crippen molar-refractivity contribution in [1.82, 2.24) is 4.57 Å². The summed E-state index contributed by atoms with van der Waals surface area (Å²) in [6.45, 7) is 3.96. The second kappa shape index (κ2) is 8.85. The molecule has 0 fully saturated rings. The van der Waals surface area contributed by atoms with Crippen LogP contribution >= 0.6 is 11.8 Å². The van der Waals surface area contributed by atoms with Crippen LogP contribution < -0.4 is 0 Å². The Hall–Kier alpha value is -4.23. The predicted octanol–water partition coefficient (Wildman–Crippen LogP) is 6.62. The van der Waals surface area contributed by atoms with Gasteiger partial charge in [0.15, 0.2) is 11.6 Å². The number of nitro groups is 1. The molecule has 0 bridgehead atoms. The fraction of sp³-hybridized carbons (Fsp3) is 0.0714. The number of hydrogen-bond acceptors (Lipinski definition) is 5. The lowest BCUT2D eigenvalue weighted by Crippen LogP contribution is -2.01. The Bertz CT molecular complexity index is 1490. The van der Waals surface area contributed by atoms with Gasteiger partial charge in [0.05, 0.1) is 10.5 Å². The van der Waals surface area contributed by atoms with Gasteiger partial charge in [-0.1, -0.05) is 36.0 Å². The van der Waals surface area contributed by atoms with Gasteiger partial charge in [-0.25, -0.2) is 0 Å². The molecule has 5 rings (SSSR count). The van der Waals surface area contributed by atoms with E-state index in [1.807, 2.05) is 44.2 Å². The number of non-ortho nitro benzene ring substituents is 1. The van der Waals surface area contributed by atoms with Gasteiger partial charge in [0, 0.05) is 50.1 Å². The number of benzene rings is 3. The fourth-order valence-corrected chi connectivity index (χ4v) is 5.14. The van der Waals surface area contributed by atoms with Gasteiger partial charge in [-0.15, -0.1) is 0 Å². The summed E-state index contributed by atoms with van der Waals surface area (Å²) in [5, 5.41) is 10.8. The minimum absolute atomic E-state index is 0.0684. The van der Waals surface area contributed by atoms with E-state index < -0.39 is 4.92 Å². The van der Waals surface area contributed by atoms with Gasteiger partial charge in [0.2, 0.25) is 0 Å². The third-order valence-corrected chi connectivity index (χ3v) is 7.07. The molecule has 35 heavy (non-hydrogen) atoms. The zero-order chi connectivity index (χ0) is 24.7. The number of aryl methyl sites for hydroxylation is 1. The Morgan fingerprint density at radius 1 is 0.829 bits per heavy atom. The molecule has 0 saturated heterocycles. The highest BCUT2D eigenvalue weighted by Crippen LogP contribution is 2.32. The third-order valence-electron chi connectivity index (χ3n) is 6.05. The molecule has 0 N–H and O–H groups in total. The highest BCUT2D eigenvalue weighted by molar-refractivity contribution is 7.99. The first-order valence-corrected chi connectivity index (χ1v) is 11.8. The standard InChI is InChI=1S/C28H20N2O4S/c1-17-15-19(16-26-27(31)24-5-3-4-6-25(24)28(26)32)18(2)29(17)20-7-11-22(12-8-20)35-23-13-9-21(10-14-23)30(33)34/h3-16H,1-2H3. The van der Waals surface area contributed by atoms with Crippen molar-refractivity contribution in [1.29, 1.82) is 0 Å². The van der Waals surface area contributed by atoms with Crippen molar-refractivity contribution < 1.29 is 14.5 Å². The predicted molar refractivity (Wildman–Crippen MR) is 136 cm³/mol. The number of carbonyl (C=O) groups is 2. The van der Waals surface area contributed by atoms with Gasteiger partial charge in [-0.05, 0) is 68.0 Å². The van der Waals surface area contributed by atoms with Gasteiger partial charge in [0.1, 0.15) is 0 Å². The van der Waals surface area contributed by atoms with Crippen molar-refractivity contribution in [2.45, 2.75) is 23.6 Å². The van der Waals surface area contributed by atoms with E-state index in [1.165, 1.54) is 23.9 Å². The summed E-state index contributed by atoms with van der Waals surface area (Å²) in [5.74, 6) is -0.467. The van der Waals surface area contributed by atoms with Gasteiger partial charge in [-0.2, -0.15) is 0 Å². The van der Waals surface area contributed by atoms with Crippen LogP contribution in [0.4, 0.5) is 5.69 Å². The van der Waals surface area contributed by atoms with Crippen molar-refractivity contribution >= 4 is 35.1 Å². The minimum atomic E-state index is -0.410. The average Bonchev–Trinajstić information content (AvgIpc) is 3.27. The number of nitrogens with zero attached hydrogens (tertiary/aromatic N) is 2. The smallest absolute Gasteiger partial charge is 0.269 e. The Labute approximate surface area is 206 Å². The maximum atomic E-state index is 12.8. The van der Waals surface area contributed by atoms with Crippen molar-refractivity contribution in [2.24, 2.45) is 0 Å². The maximum absolute atomic E-state index is 12.8. The van der Waals surface area contributed by atoms with E-state index in [1.54, 1.807) is 42.5 Å². The van der Waals surface area contributed by atoms with Crippen LogP contribution in [0.2, 0.25) is 0 Å². The molecule has 1 aliphatic rings. The summed E-state index contributed by atoms with van der Waals surface area (Å²) in [6.07, 6.45) is 1.70. The molecule has 0 amide bonds. The molecule has 7 heteroatoms. The number of fused-ring (bicyclic) bond motifs is 1. The number of carbonyl (C=O) groups excluding carboxylic acids is 2. The van der Waals surface area contributed by atoms with Crippen molar-refractivity contribution in [3.8, 4) is 5.69 Å². The SMILES string of the molecule is Cc1cc(C=C2C(=O)c3ccccc3C2=O)c(C)n1-c1ccc(Sc2ccc([N+](=O)[O-])cc2)cc1. The van der Waals surface area contributed by atoms with Crippen LogP contribution in [0, 0.1) is 24.0 Å². The number of aromatic nitrogens is 1. The molecule has 3 aromatic carbocycles. The fourth-order valence-electron chi connectivity index (χ4n) is 4.33. The van der Waals surface area contributed by atoms with Gasteiger partial charge >= 0.3 is 0 Å². The van der Waals surface area contributed by atoms with Crippen molar-refractivity contribution in [2.75, 3.05) is 0 Å². The van der Waals surface area contributed by atoms with Crippen LogP contribution in [0.1, 0.15) is 37.7 Å². The third kappa shape index (κ3) is 4.11. The molecule has 0 unspecified atom stereocenters. The Morgan fingerprint density at radius 3 is 1.91 bits per heavy atom. The number of hydrogen-bond donors (Lipinski definition) is 0. The molecule has 0 radical (unpaired) electrons. The number of nitro benzene ring substituents is 1. The molecule has 4 aromatic rings. The molecular formula is C28H20N2O4S. The Morgan fingerprint density at radius 2 is 1.37 bits per heavy atom. The van der Waals surface area contributed by atoms with E-state index in [2.05, 4.69) is 4.57 Å². The largest absolute Gasteiger partial charge is 0.318 e. The minimum Gasteiger partial charge on any atom is -0.318 e. The van der Waals surface area contributed by atoms with Crippen LogP contribution in [0.25, 0.3) is 11.8 Å². The first kappa shape index (κ1) is 22.6. The van der Waals surface area contributed by atoms with E-state index in [4.69, 9.17) is 0 Å². The molecule has 0 aliphatic heterocycles. The zero-order valence-electron chi connectivity index (χ0n) is 19.0. The molecule has 0 saturated carbocycles. The molecule has 172 valence electrons. The quantitative estimate of drug-likeness (QED) is 0.139. The molecular weight excluding hydrogens is 460 g/mol. The van der Waals surface area contributed by atoms with Gasteiger partial charge < -0.3 is 4.57 Å². The molecule has 0 spiro atoms. The van der Waals surface area contributed by atoms with Gasteiger partial charge in [-0.3, -0.25) is 19.7 Å². The first-order valence-electron chi connectivity index (χ1n) is 11.0. The topological polar surface area (TPSA) is 82.2 Å². The monoisotopic (exact) mass is 480 g/mol. The van der Waals surface area contributed by atoms with Crippen LogP contribution in [0.5, 0.6) is 0 Å². The van der Waals surface area contributed by atoms with Gasteiger partial charge in [0.25, 0.3) is 5.69 Å². The lowest BCUT2D eigenvalue weighted by Gasteiger charge is -2.11. The van der Waals surface area contributed by atoms with E-state index >= 15 is 0 Å². The highest BCUT2D eigenvalue weighted by atomic mass is 32.2. The Kier molecular flexibility index (Phi) is 5.70. The second-order valence-corrected chi connectivity index (χ2v) is 9.42. The first-order chi connectivity index (χ1) is 16.8. The molecule has 6 nitrogen and oxygen atoms in total. The molecule has 1 heterocycles. The highest BCUT2D eigenvalue weighted by Gasteiger charge is 2.32. The summed E-state index contributed by atoms with van der Waals surface area (Å²) in [7, 11) is 0. The van der Waals surface area contributed by atoms with Crippen LogP contribution in [-0.2, 0) is 0 Å². The number of ketones is 2. The van der Waals surface area contributed by atoms with Crippen LogP contribution in [-0.4, -0.2) is 21.1 Å².